The first-order valence-electron chi connectivity index (χ1n) is 8.19. The third-order valence-corrected chi connectivity index (χ3v) is 4.94. The Balaban J connectivity index is 1.50. The average molecular weight is 287 g/mol. The molecule has 0 aromatic carbocycles. The third-order valence-electron chi connectivity index (χ3n) is 4.94. The number of likely N-dealkylation sites (tertiary alicyclic amines) is 1. The maximum Gasteiger partial charge on any atom is 0.225 e. The molecular formula is C17H25N3O. The first kappa shape index (κ1) is 14.5. The van der Waals surface area contributed by atoms with Crippen molar-refractivity contribution in [2.75, 3.05) is 19.6 Å². The summed E-state index contributed by atoms with van der Waals surface area (Å²) in [7, 11) is 0. The van der Waals surface area contributed by atoms with Crippen LogP contribution in [0.2, 0.25) is 0 Å². The van der Waals surface area contributed by atoms with Crippen LogP contribution in [0.5, 0.6) is 0 Å². The number of pyridine rings is 1. The molecular weight excluding hydrogens is 262 g/mol. The summed E-state index contributed by atoms with van der Waals surface area (Å²) in [5, 5.41) is 0. The minimum absolute atomic E-state index is 0.321. The molecule has 2 fully saturated rings. The molecule has 21 heavy (non-hydrogen) atoms. The number of hydrogen-bond donors (Lipinski definition) is 0. The molecule has 0 atom stereocenters. The Morgan fingerprint density at radius 1 is 1.29 bits per heavy atom. The summed E-state index contributed by atoms with van der Waals surface area (Å²) in [4.78, 5) is 20.9. The number of amides is 1. The molecule has 0 unspecified atom stereocenters. The van der Waals surface area contributed by atoms with Gasteiger partial charge in [0, 0.05) is 44.0 Å². The van der Waals surface area contributed by atoms with Crippen LogP contribution in [0.15, 0.2) is 24.5 Å². The minimum Gasteiger partial charge on any atom is -0.339 e. The Morgan fingerprint density at radius 2 is 1.95 bits per heavy atom. The molecule has 0 spiro atoms. The van der Waals surface area contributed by atoms with Crippen molar-refractivity contribution in [1.82, 2.24) is 14.8 Å². The molecule has 114 valence electrons. The van der Waals surface area contributed by atoms with Crippen molar-refractivity contribution in [2.24, 2.45) is 5.92 Å². The fourth-order valence-corrected chi connectivity index (χ4v) is 3.52. The summed E-state index contributed by atoms with van der Waals surface area (Å²) in [5.41, 5.74) is 1.30. The predicted molar refractivity (Wildman–Crippen MR) is 82.6 cm³/mol. The zero-order valence-electron chi connectivity index (χ0n) is 12.9. The molecule has 1 aliphatic heterocycles. The van der Waals surface area contributed by atoms with E-state index < -0.39 is 0 Å². The summed E-state index contributed by atoms with van der Waals surface area (Å²) in [6.07, 6.45) is 8.37. The Morgan fingerprint density at radius 3 is 2.57 bits per heavy atom. The van der Waals surface area contributed by atoms with Gasteiger partial charge in [0.2, 0.25) is 5.91 Å². The van der Waals surface area contributed by atoms with Crippen LogP contribution in [0.4, 0.5) is 0 Å². The predicted octanol–water partition coefficient (Wildman–Crippen LogP) is 2.30. The summed E-state index contributed by atoms with van der Waals surface area (Å²) in [6.45, 7) is 6.00. The van der Waals surface area contributed by atoms with Crippen molar-refractivity contribution in [2.45, 2.75) is 45.2 Å². The largest absolute Gasteiger partial charge is 0.339 e. The van der Waals surface area contributed by atoms with Gasteiger partial charge in [0.05, 0.1) is 0 Å². The summed E-state index contributed by atoms with van der Waals surface area (Å²) in [6, 6.07) is 4.67. The monoisotopic (exact) mass is 287 g/mol. The molecule has 4 nitrogen and oxygen atoms in total. The van der Waals surface area contributed by atoms with Crippen molar-refractivity contribution in [3.63, 3.8) is 0 Å². The van der Waals surface area contributed by atoms with E-state index in [1.54, 1.807) is 0 Å². The standard InChI is InChI=1S/C17H25N3O/c1-2-19(11-14-7-9-18-10-8-14)16-12-20(13-16)17(21)15-5-3-4-6-15/h7-10,15-16H,2-6,11-13H2,1H3. The zero-order chi connectivity index (χ0) is 14.7. The molecule has 0 radical (unpaired) electrons. The van der Waals surface area contributed by atoms with Crippen LogP contribution in [0.25, 0.3) is 0 Å². The molecule has 1 aromatic heterocycles. The van der Waals surface area contributed by atoms with Crippen LogP contribution in [0, 0.1) is 5.92 Å². The number of hydrogen-bond acceptors (Lipinski definition) is 3. The molecule has 2 heterocycles. The van der Waals surface area contributed by atoms with Gasteiger partial charge >= 0.3 is 0 Å². The lowest BCUT2D eigenvalue weighted by molar-refractivity contribution is -0.143. The van der Waals surface area contributed by atoms with Gasteiger partial charge in [0.15, 0.2) is 0 Å². The number of carbonyl (C=O) groups excluding carboxylic acids is 1. The maximum atomic E-state index is 12.3. The highest BCUT2D eigenvalue weighted by molar-refractivity contribution is 5.80. The van der Waals surface area contributed by atoms with E-state index in [0.717, 1.165) is 39.0 Å². The van der Waals surface area contributed by atoms with E-state index in [1.807, 2.05) is 12.4 Å². The van der Waals surface area contributed by atoms with Crippen LogP contribution in [0.3, 0.4) is 0 Å². The topological polar surface area (TPSA) is 36.4 Å². The molecule has 2 aliphatic rings. The molecule has 1 aromatic rings. The fourth-order valence-electron chi connectivity index (χ4n) is 3.52. The third kappa shape index (κ3) is 3.26. The molecule has 4 heteroatoms. The van der Waals surface area contributed by atoms with Gasteiger partial charge in [-0.25, -0.2) is 0 Å². The van der Waals surface area contributed by atoms with Crippen molar-refractivity contribution in [3.8, 4) is 0 Å². The molecule has 1 saturated carbocycles. The van der Waals surface area contributed by atoms with Gasteiger partial charge < -0.3 is 4.90 Å². The number of nitrogens with zero attached hydrogens (tertiary/aromatic N) is 3. The van der Waals surface area contributed by atoms with Gasteiger partial charge in [-0.1, -0.05) is 19.8 Å². The van der Waals surface area contributed by atoms with Gasteiger partial charge in [-0.3, -0.25) is 14.7 Å². The van der Waals surface area contributed by atoms with E-state index in [9.17, 15) is 4.79 Å². The van der Waals surface area contributed by atoms with Crippen LogP contribution in [0.1, 0.15) is 38.2 Å². The Hall–Kier alpha value is -1.42. The summed E-state index contributed by atoms with van der Waals surface area (Å²) < 4.78 is 0. The van der Waals surface area contributed by atoms with E-state index in [0.29, 0.717) is 17.9 Å². The fraction of sp³-hybridized carbons (Fsp3) is 0.647. The first-order chi connectivity index (χ1) is 10.3. The van der Waals surface area contributed by atoms with Crippen LogP contribution in [-0.4, -0.2) is 46.4 Å². The average Bonchev–Trinajstić information content (AvgIpc) is 2.99. The molecule has 0 N–H and O–H groups in total. The number of carbonyl (C=O) groups is 1. The number of likely N-dealkylation sites (N-methyl/N-ethyl adjacent to an activating group) is 1. The highest BCUT2D eigenvalue weighted by atomic mass is 16.2. The van der Waals surface area contributed by atoms with Crippen LogP contribution < -0.4 is 0 Å². The van der Waals surface area contributed by atoms with Crippen molar-refractivity contribution < 1.29 is 4.79 Å². The molecule has 1 aliphatic carbocycles. The summed E-state index contributed by atoms with van der Waals surface area (Å²) >= 11 is 0. The lowest BCUT2D eigenvalue weighted by atomic mass is 10.0. The Bertz CT molecular complexity index is 464. The van der Waals surface area contributed by atoms with Gasteiger partial charge in [-0.15, -0.1) is 0 Å². The summed E-state index contributed by atoms with van der Waals surface area (Å²) in [5.74, 6) is 0.727. The second-order valence-electron chi connectivity index (χ2n) is 6.30. The van der Waals surface area contributed by atoms with E-state index >= 15 is 0 Å². The lowest BCUT2D eigenvalue weighted by Gasteiger charge is -2.46. The first-order valence-corrected chi connectivity index (χ1v) is 8.19. The van der Waals surface area contributed by atoms with E-state index in [2.05, 4.69) is 33.8 Å². The van der Waals surface area contributed by atoms with Gasteiger partial charge in [-0.05, 0) is 37.1 Å². The Labute approximate surface area is 127 Å². The zero-order valence-corrected chi connectivity index (χ0v) is 12.9. The van der Waals surface area contributed by atoms with Crippen molar-refractivity contribution in [1.29, 1.82) is 0 Å². The smallest absolute Gasteiger partial charge is 0.225 e. The van der Waals surface area contributed by atoms with Gasteiger partial charge in [0.25, 0.3) is 0 Å². The number of aromatic nitrogens is 1. The Kier molecular flexibility index (Phi) is 4.54. The molecule has 3 rings (SSSR count). The second kappa shape index (κ2) is 6.56. The molecule has 0 bridgehead atoms. The number of rotatable bonds is 5. The normalized spacial score (nSPS) is 20.0. The van der Waals surface area contributed by atoms with E-state index in [4.69, 9.17) is 0 Å². The quantitative estimate of drug-likeness (QED) is 0.834. The maximum absolute atomic E-state index is 12.3. The second-order valence-corrected chi connectivity index (χ2v) is 6.30. The van der Waals surface area contributed by atoms with Crippen molar-refractivity contribution in [3.05, 3.63) is 30.1 Å². The van der Waals surface area contributed by atoms with Crippen LogP contribution >= 0.6 is 0 Å². The minimum atomic E-state index is 0.321. The van der Waals surface area contributed by atoms with Crippen molar-refractivity contribution >= 4 is 5.91 Å². The molecule has 1 saturated heterocycles. The highest BCUT2D eigenvalue weighted by Gasteiger charge is 2.37. The molecule has 1 amide bonds. The van der Waals surface area contributed by atoms with E-state index in [-0.39, 0.29) is 0 Å². The SMILES string of the molecule is CCN(Cc1ccncc1)C1CN(C(=O)C2CCCC2)C1. The highest BCUT2D eigenvalue weighted by Crippen LogP contribution is 2.29. The van der Waals surface area contributed by atoms with E-state index in [1.165, 1.54) is 18.4 Å². The lowest BCUT2D eigenvalue weighted by Crippen LogP contribution is -2.61. The van der Waals surface area contributed by atoms with Gasteiger partial charge in [0.1, 0.15) is 0 Å². The van der Waals surface area contributed by atoms with Gasteiger partial charge in [-0.2, -0.15) is 0 Å². The van der Waals surface area contributed by atoms with Crippen LogP contribution in [-0.2, 0) is 11.3 Å².